The highest BCUT2D eigenvalue weighted by Gasteiger charge is 2.10. The molecule has 0 spiro atoms. The van der Waals surface area contributed by atoms with Crippen LogP contribution >= 0.6 is 11.8 Å². The molecule has 6 nitrogen and oxygen atoms in total. The van der Waals surface area contributed by atoms with E-state index in [4.69, 9.17) is 17.3 Å². The molecule has 0 aromatic carbocycles. The number of carbonyl (C=O) groups excluding carboxylic acids is 1. The summed E-state index contributed by atoms with van der Waals surface area (Å²) in [6.45, 7) is 0.309. The van der Waals surface area contributed by atoms with Gasteiger partial charge in [0.15, 0.2) is 6.61 Å². The lowest BCUT2D eigenvalue weighted by Gasteiger charge is -2.06. The van der Waals surface area contributed by atoms with E-state index in [0.717, 1.165) is 0 Å². The Morgan fingerprint density at radius 2 is 2.31 bits per heavy atom. The average Bonchev–Trinajstić information content (AvgIpc) is 2.25. The van der Waals surface area contributed by atoms with Gasteiger partial charge in [-0.3, -0.25) is 4.79 Å². The third-order valence-electron chi connectivity index (χ3n) is 1.42. The van der Waals surface area contributed by atoms with Gasteiger partial charge in [-0.1, -0.05) is 5.92 Å². The quantitative estimate of drug-likeness (QED) is 0.413. The van der Waals surface area contributed by atoms with Crippen LogP contribution in [0.15, 0.2) is 0 Å². The summed E-state index contributed by atoms with van der Waals surface area (Å²) in [5.41, 5.74) is 5.27. The summed E-state index contributed by atoms with van der Waals surface area (Å²) < 4.78 is 4.54. The second-order valence-electron chi connectivity index (χ2n) is 2.73. The Morgan fingerprint density at radius 3 is 2.88 bits per heavy atom. The molecule has 4 N–H and O–H groups in total. The molecule has 1 atom stereocenters. The molecule has 90 valence electrons. The average molecular weight is 246 g/mol. The maximum atomic E-state index is 10.9. The second kappa shape index (κ2) is 8.88. The summed E-state index contributed by atoms with van der Waals surface area (Å²) in [6, 6.07) is -0.876. The number of nitrogens with two attached hydrogens (primary N) is 1. The van der Waals surface area contributed by atoms with Gasteiger partial charge in [-0.2, -0.15) is 11.8 Å². The maximum absolute atomic E-state index is 10.9. The first-order valence-electron chi connectivity index (χ1n) is 4.48. The standard InChI is InChI=1S/C9H14N2O4S/c1-2-4-15-9(14)11-3-5-16-6-7(10)8(12)13/h1,7H,3-6,10H2,(H,11,14)(H,12,13)/t7-/m0/s1. The third-order valence-corrected chi connectivity index (χ3v) is 2.50. The molecule has 1 amide bonds. The Hall–Kier alpha value is -1.39. The van der Waals surface area contributed by atoms with Crippen molar-refractivity contribution < 1.29 is 19.4 Å². The highest BCUT2D eigenvalue weighted by Crippen LogP contribution is 2.00. The van der Waals surface area contributed by atoms with Gasteiger partial charge in [0.1, 0.15) is 6.04 Å². The number of alkyl carbamates (subject to hydrolysis) is 1. The number of amides is 1. The van der Waals surface area contributed by atoms with Crippen LogP contribution < -0.4 is 11.1 Å². The van der Waals surface area contributed by atoms with E-state index in [9.17, 15) is 9.59 Å². The zero-order valence-electron chi connectivity index (χ0n) is 8.64. The summed E-state index contributed by atoms with van der Waals surface area (Å²) in [7, 11) is 0. The highest BCUT2D eigenvalue weighted by atomic mass is 32.2. The minimum absolute atomic E-state index is 0.0666. The third kappa shape index (κ3) is 7.96. The van der Waals surface area contributed by atoms with Crippen molar-refractivity contribution in [2.75, 3.05) is 24.7 Å². The number of thioether (sulfide) groups is 1. The molecule has 0 rings (SSSR count). The number of aliphatic carboxylic acids is 1. The maximum Gasteiger partial charge on any atom is 0.408 e. The number of hydrogen-bond acceptors (Lipinski definition) is 5. The topological polar surface area (TPSA) is 102 Å². The van der Waals surface area contributed by atoms with Gasteiger partial charge in [-0.05, 0) is 0 Å². The molecular weight excluding hydrogens is 232 g/mol. The van der Waals surface area contributed by atoms with Crippen molar-refractivity contribution in [2.24, 2.45) is 5.73 Å². The van der Waals surface area contributed by atoms with Gasteiger partial charge in [0.2, 0.25) is 0 Å². The van der Waals surface area contributed by atoms with Crippen LogP contribution in [0.4, 0.5) is 4.79 Å². The fourth-order valence-electron chi connectivity index (χ4n) is 0.665. The first-order chi connectivity index (χ1) is 7.57. The molecular formula is C9H14N2O4S. The molecule has 0 aliphatic carbocycles. The molecule has 0 heterocycles. The predicted octanol–water partition coefficient (Wildman–Crippen LogP) is -0.509. The molecule has 0 unspecified atom stereocenters. The fraction of sp³-hybridized carbons (Fsp3) is 0.556. The number of carboxylic acid groups (broad SMARTS) is 1. The Morgan fingerprint density at radius 1 is 1.62 bits per heavy atom. The van der Waals surface area contributed by atoms with E-state index < -0.39 is 18.1 Å². The van der Waals surface area contributed by atoms with Crippen LogP contribution in [0.3, 0.4) is 0 Å². The molecule has 7 heteroatoms. The van der Waals surface area contributed by atoms with Crippen molar-refractivity contribution in [2.45, 2.75) is 6.04 Å². The largest absolute Gasteiger partial charge is 0.480 e. The van der Waals surface area contributed by atoms with E-state index in [1.807, 2.05) is 0 Å². The van der Waals surface area contributed by atoms with Gasteiger partial charge in [-0.25, -0.2) is 4.79 Å². The summed E-state index contributed by atoms with van der Waals surface area (Å²) in [5.74, 6) is 1.99. The van der Waals surface area contributed by atoms with Crippen LogP contribution in [0.25, 0.3) is 0 Å². The highest BCUT2D eigenvalue weighted by molar-refractivity contribution is 7.99. The summed E-state index contributed by atoms with van der Waals surface area (Å²) in [5, 5.41) is 10.9. The molecule has 0 aliphatic heterocycles. The first-order valence-corrected chi connectivity index (χ1v) is 5.63. The van der Waals surface area contributed by atoms with Crippen molar-refractivity contribution in [3.8, 4) is 12.3 Å². The van der Waals surface area contributed by atoms with Gasteiger partial charge in [0.05, 0.1) is 0 Å². The lowest BCUT2D eigenvalue weighted by atomic mass is 10.4. The van der Waals surface area contributed by atoms with Crippen molar-refractivity contribution in [1.29, 1.82) is 0 Å². The first kappa shape index (κ1) is 14.6. The Kier molecular flexibility index (Phi) is 8.11. The minimum Gasteiger partial charge on any atom is -0.480 e. The number of carboxylic acids is 1. The summed E-state index contributed by atoms with van der Waals surface area (Å²) in [6.07, 6.45) is 4.30. The van der Waals surface area contributed by atoms with Crippen molar-refractivity contribution in [3.05, 3.63) is 0 Å². The van der Waals surface area contributed by atoms with E-state index in [-0.39, 0.29) is 6.61 Å². The van der Waals surface area contributed by atoms with Gasteiger partial charge in [0, 0.05) is 18.1 Å². The second-order valence-corrected chi connectivity index (χ2v) is 3.88. The smallest absolute Gasteiger partial charge is 0.408 e. The lowest BCUT2D eigenvalue weighted by Crippen LogP contribution is -2.33. The van der Waals surface area contributed by atoms with E-state index >= 15 is 0 Å². The van der Waals surface area contributed by atoms with Gasteiger partial charge >= 0.3 is 12.1 Å². The number of nitrogens with one attached hydrogen (secondary N) is 1. The normalized spacial score (nSPS) is 11.2. The van der Waals surface area contributed by atoms with Crippen molar-refractivity contribution in [1.82, 2.24) is 5.32 Å². The van der Waals surface area contributed by atoms with Crippen LogP contribution in [0.5, 0.6) is 0 Å². The molecule has 0 aliphatic rings. The molecule has 0 fully saturated rings. The predicted molar refractivity (Wildman–Crippen MR) is 61.1 cm³/mol. The number of hydrogen-bond donors (Lipinski definition) is 3. The van der Waals surface area contributed by atoms with Crippen LogP contribution in [0.1, 0.15) is 0 Å². The molecule has 16 heavy (non-hydrogen) atoms. The molecule has 0 aromatic heterocycles. The number of carbonyl (C=O) groups is 2. The molecule has 0 radical (unpaired) electrons. The van der Waals surface area contributed by atoms with E-state index in [1.165, 1.54) is 11.8 Å². The lowest BCUT2D eigenvalue weighted by molar-refractivity contribution is -0.137. The number of ether oxygens (including phenoxy) is 1. The molecule has 0 saturated carbocycles. The Bertz CT molecular complexity index is 277. The number of terminal acetylenes is 1. The van der Waals surface area contributed by atoms with Crippen LogP contribution in [-0.4, -0.2) is 47.9 Å². The summed E-state index contributed by atoms with van der Waals surface area (Å²) in [4.78, 5) is 21.2. The molecule has 0 aromatic rings. The van der Waals surface area contributed by atoms with Crippen molar-refractivity contribution in [3.63, 3.8) is 0 Å². The summed E-state index contributed by atoms with van der Waals surface area (Å²) >= 11 is 1.34. The van der Waals surface area contributed by atoms with Gasteiger partial charge < -0.3 is 20.9 Å². The van der Waals surface area contributed by atoms with Crippen LogP contribution in [0, 0.1) is 12.3 Å². The fourth-order valence-corrected chi connectivity index (χ4v) is 1.47. The van der Waals surface area contributed by atoms with E-state index in [1.54, 1.807) is 0 Å². The Labute approximate surface area is 97.9 Å². The molecule has 0 bridgehead atoms. The minimum atomic E-state index is -1.03. The monoisotopic (exact) mass is 246 g/mol. The van der Waals surface area contributed by atoms with Gasteiger partial charge in [-0.15, -0.1) is 6.42 Å². The van der Waals surface area contributed by atoms with E-state index in [2.05, 4.69) is 16.0 Å². The molecule has 0 saturated heterocycles. The van der Waals surface area contributed by atoms with Gasteiger partial charge in [0.25, 0.3) is 0 Å². The number of rotatable bonds is 7. The Balaban J connectivity index is 3.37. The van der Waals surface area contributed by atoms with E-state index in [0.29, 0.717) is 18.1 Å². The zero-order valence-corrected chi connectivity index (χ0v) is 9.46. The van der Waals surface area contributed by atoms with Crippen LogP contribution in [0.2, 0.25) is 0 Å². The zero-order chi connectivity index (χ0) is 12.4. The van der Waals surface area contributed by atoms with Crippen molar-refractivity contribution >= 4 is 23.8 Å². The SMILES string of the molecule is C#CCOC(=O)NCCSC[C@H](N)C(=O)O. The van der Waals surface area contributed by atoms with Crippen LogP contribution in [-0.2, 0) is 9.53 Å².